The van der Waals surface area contributed by atoms with Gasteiger partial charge in [-0.05, 0) is 103 Å². The molecule has 0 saturated heterocycles. The van der Waals surface area contributed by atoms with Gasteiger partial charge in [0.05, 0.1) is 0 Å². The quantitative estimate of drug-likeness (QED) is 0.0199. The summed E-state index contributed by atoms with van der Waals surface area (Å²) in [6, 6.07) is 0. The number of esters is 3. The van der Waals surface area contributed by atoms with Crippen LogP contribution in [0.15, 0.2) is 85.1 Å². The summed E-state index contributed by atoms with van der Waals surface area (Å²) in [5, 5.41) is 0. The van der Waals surface area contributed by atoms with E-state index >= 15 is 0 Å². The van der Waals surface area contributed by atoms with Gasteiger partial charge in [-0.3, -0.25) is 14.4 Å². The van der Waals surface area contributed by atoms with Gasteiger partial charge in [0.2, 0.25) is 0 Å². The lowest BCUT2D eigenvalue weighted by molar-refractivity contribution is -0.167. The summed E-state index contributed by atoms with van der Waals surface area (Å²) < 4.78 is 16.8. The molecular weight excluding hydrogens is 817 g/mol. The Balaban J connectivity index is 4.48. The fourth-order valence-corrected chi connectivity index (χ4v) is 7.50. The molecule has 0 radical (unpaired) electrons. The first-order valence-corrected chi connectivity index (χ1v) is 27.6. The molecule has 0 aromatic carbocycles. The van der Waals surface area contributed by atoms with Crippen molar-refractivity contribution in [2.45, 2.75) is 264 Å². The molecule has 6 heteroatoms. The maximum Gasteiger partial charge on any atom is 0.306 e. The zero-order valence-electron chi connectivity index (χ0n) is 43.2. The first kappa shape index (κ1) is 62.6. The number of ether oxygens (including phenoxy) is 3. The van der Waals surface area contributed by atoms with Crippen molar-refractivity contribution in [3.8, 4) is 0 Å². The number of carbonyl (C=O) groups is 3. The average Bonchev–Trinajstić information content (AvgIpc) is 3.31. The lowest BCUT2D eigenvalue weighted by atomic mass is 10.1. The highest BCUT2D eigenvalue weighted by molar-refractivity contribution is 5.71. The molecule has 0 aromatic rings. The first-order valence-electron chi connectivity index (χ1n) is 27.6. The fraction of sp³-hybridized carbons (Fsp3) is 0.717. The SMILES string of the molecule is CC/C=C\C/C=C\C/C=C\CCCCCCC(=O)OCC(COC(=O)CCCCCCC/C=C\C=C/CCCCCCCCC)OC(=O)CCCCC/C=C\C=C/CCCCCCCCC. The number of allylic oxidation sites excluding steroid dienone is 14. The molecule has 0 rings (SSSR count). The molecule has 0 aromatic heterocycles. The summed E-state index contributed by atoms with van der Waals surface area (Å²) in [4.78, 5) is 38.1. The molecule has 0 heterocycles. The minimum absolute atomic E-state index is 0.103. The van der Waals surface area contributed by atoms with Crippen LogP contribution in [-0.4, -0.2) is 37.2 Å². The van der Waals surface area contributed by atoms with E-state index in [1.165, 1.54) is 96.3 Å². The Morgan fingerprint density at radius 2 is 0.636 bits per heavy atom. The maximum absolute atomic E-state index is 12.8. The Morgan fingerprint density at radius 1 is 0.333 bits per heavy atom. The van der Waals surface area contributed by atoms with Gasteiger partial charge in [0, 0.05) is 19.3 Å². The highest BCUT2D eigenvalue weighted by atomic mass is 16.6. The molecule has 1 atom stereocenters. The summed E-state index contributed by atoms with van der Waals surface area (Å²) in [7, 11) is 0. The standard InChI is InChI=1S/C60H102O6/c1-4-7-10-13-16-19-22-25-28-30-31-33-35-38-41-44-47-50-53-59(62)65-56-57(55-64-58(61)52-49-46-43-40-37-34-27-24-21-18-15-12-9-6-3)66-60(63)54-51-48-45-42-39-36-32-29-26-23-20-17-14-11-8-5-2/h9,12,18,21,27-34,36,39,57H,4-8,10-11,13-17,19-20,22-26,35,37-38,40-56H2,1-3H3/b12-9-,21-18-,30-28-,32-29-,33-31-,34-27-,39-36-. The van der Waals surface area contributed by atoms with Crippen LogP contribution >= 0.6 is 0 Å². The van der Waals surface area contributed by atoms with E-state index in [0.717, 1.165) is 122 Å². The second-order valence-electron chi connectivity index (χ2n) is 18.2. The Bertz CT molecular complexity index is 1290. The van der Waals surface area contributed by atoms with Crippen LogP contribution in [0.5, 0.6) is 0 Å². The third-order valence-electron chi connectivity index (χ3n) is 11.7. The first-order chi connectivity index (χ1) is 32.5. The molecule has 0 fully saturated rings. The summed E-state index contributed by atoms with van der Waals surface area (Å²) in [6.45, 7) is 6.47. The molecule has 1 unspecified atom stereocenters. The lowest BCUT2D eigenvalue weighted by Gasteiger charge is -2.18. The minimum Gasteiger partial charge on any atom is -0.462 e. The van der Waals surface area contributed by atoms with Crippen molar-refractivity contribution in [1.82, 2.24) is 0 Å². The van der Waals surface area contributed by atoms with Crippen LogP contribution in [0.25, 0.3) is 0 Å². The summed E-state index contributed by atoms with van der Waals surface area (Å²) >= 11 is 0. The molecule has 378 valence electrons. The number of hydrogen-bond donors (Lipinski definition) is 0. The summed E-state index contributed by atoms with van der Waals surface area (Å²) in [5.74, 6) is -0.964. The highest BCUT2D eigenvalue weighted by Crippen LogP contribution is 2.13. The molecular formula is C60H102O6. The van der Waals surface area contributed by atoms with Crippen molar-refractivity contribution in [3.63, 3.8) is 0 Å². The number of unbranched alkanes of at least 4 members (excludes halogenated alkanes) is 26. The van der Waals surface area contributed by atoms with E-state index in [0.29, 0.717) is 12.8 Å². The predicted molar refractivity (Wildman–Crippen MR) is 284 cm³/mol. The van der Waals surface area contributed by atoms with Gasteiger partial charge >= 0.3 is 17.9 Å². The average molecular weight is 919 g/mol. The molecule has 0 aliphatic carbocycles. The van der Waals surface area contributed by atoms with Crippen LogP contribution in [0.2, 0.25) is 0 Å². The van der Waals surface area contributed by atoms with E-state index in [-0.39, 0.29) is 37.5 Å². The second-order valence-corrected chi connectivity index (χ2v) is 18.2. The van der Waals surface area contributed by atoms with Gasteiger partial charge in [0.25, 0.3) is 0 Å². The van der Waals surface area contributed by atoms with Gasteiger partial charge in [0.15, 0.2) is 6.10 Å². The molecule has 0 bridgehead atoms. The molecule has 0 aliphatic heterocycles. The zero-order chi connectivity index (χ0) is 47.9. The van der Waals surface area contributed by atoms with E-state index in [2.05, 4.69) is 106 Å². The molecule has 66 heavy (non-hydrogen) atoms. The summed E-state index contributed by atoms with van der Waals surface area (Å²) in [6.07, 6.45) is 70.0. The van der Waals surface area contributed by atoms with Crippen molar-refractivity contribution in [2.75, 3.05) is 13.2 Å². The lowest BCUT2D eigenvalue weighted by Crippen LogP contribution is -2.30. The number of carbonyl (C=O) groups excluding carboxylic acids is 3. The van der Waals surface area contributed by atoms with E-state index in [4.69, 9.17) is 14.2 Å². The Hall–Kier alpha value is -3.41. The molecule has 0 N–H and O–H groups in total. The van der Waals surface area contributed by atoms with E-state index in [9.17, 15) is 14.4 Å². The van der Waals surface area contributed by atoms with Crippen LogP contribution < -0.4 is 0 Å². The Morgan fingerprint density at radius 3 is 1.03 bits per heavy atom. The molecule has 6 nitrogen and oxygen atoms in total. The molecule has 0 amide bonds. The van der Waals surface area contributed by atoms with Crippen LogP contribution in [-0.2, 0) is 28.6 Å². The largest absolute Gasteiger partial charge is 0.462 e. The molecule has 0 saturated carbocycles. The zero-order valence-corrected chi connectivity index (χ0v) is 43.2. The Kier molecular flexibility index (Phi) is 51.4. The molecule has 0 aliphatic rings. The smallest absolute Gasteiger partial charge is 0.306 e. The van der Waals surface area contributed by atoms with Gasteiger partial charge in [-0.1, -0.05) is 221 Å². The monoisotopic (exact) mass is 919 g/mol. The van der Waals surface area contributed by atoms with Gasteiger partial charge < -0.3 is 14.2 Å². The van der Waals surface area contributed by atoms with Crippen molar-refractivity contribution >= 4 is 17.9 Å². The topological polar surface area (TPSA) is 78.9 Å². The van der Waals surface area contributed by atoms with Crippen molar-refractivity contribution < 1.29 is 28.6 Å². The van der Waals surface area contributed by atoms with Gasteiger partial charge in [-0.25, -0.2) is 0 Å². The third kappa shape index (κ3) is 51.6. The molecule has 0 spiro atoms. The van der Waals surface area contributed by atoms with Gasteiger partial charge in [-0.15, -0.1) is 0 Å². The van der Waals surface area contributed by atoms with Crippen LogP contribution in [0.4, 0.5) is 0 Å². The van der Waals surface area contributed by atoms with E-state index in [1.54, 1.807) is 0 Å². The van der Waals surface area contributed by atoms with Crippen molar-refractivity contribution in [1.29, 1.82) is 0 Å². The second kappa shape index (κ2) is 54.2. The normalized spacial score (nSPS) is 12.7. The van der Waals surface area contributed by atoms with Crippen LogP contribution in [0, 0.1) is 0 Å². The van der Waals surface area contributed by atoms with E-state index < -0.39 is 6.10 Å². The van der Waals surface area contributed by atoms with Crippen molar-refractivity contribution in [3.05, 3.63) is 85.1 Å². The van der Waals surface area contributed by atoms with Crippen LogP contribution in [0.3, 0.4) is 0 Å². The van der Waals surface area contributed by atoms with Crippen LogP contribution in [0.1, 0.15) is 258 Å². The van der Waals surface area contributed by atoms with E-state index in [1.807, 2.05) is 0 Å². The highest BCUT2D eigenvalue weighted by Gasteiger charge is 2.19. The minimum atomic E-state index is -0.807. The van der Waals surface area contributed by atoms with Gasteiger partial charge in [0.1, 0.15) is 13.2 Å². The number of rotatable bonds is 49. The van der Waals surface area contributed by atoms with Gasteiger partial charge in [-0.2, -0.15) is 0 Å². The number of hydrogen-bond acceptors (Lipinski definition) is 6. The third-order valence-corrected chi connectivity index (χ3v) is 11.7. The van der Waals surface area contributed by atoms with Crippen molar-refractivity contribution in [2.24, 2.45) is 0 Å². The Labute approximate surface area is 407 Å². The maximum atomic E-state index is 12.8. The predicted octanol–water partition coefficient (Wildman–Crippen LogP) is 18.4. The fourth-order valence-electron chi connectivity index (χ4n) is 7.50. The summed E-state index contributed by atoms with van der Waals surface area (Å²) in [5.41, 5.74) is 0.